The maximum atomic E-state index is 7.03. The number of hydrogen-bond acceptors (Lipinski definition) is 1. The zero-order valence-corrected chi connectivity index (χ0v) is 25.6. The summed E-state index contributed by atoms with van der Waals surface area (Å²) < 4.78 is 7.03. The van der Waals surface area contributed by atoms with E-state index in [-0.39, 0.29) is 0 Å². The molecule has 0 spiro atoms. The van der Waals surface area contributed by atoms with Gasteiger partial charge in [-0.05, 0) is 83.5 Å². The lowest BCUT2D eigenvalue weighted by molar-refractivity contribution is 0.670. The molecule has 10 aromatic rings. The van der Waals surface area contributed by atoms with Crippen LogP contribution in [0.4, 0.5) is 0 Å². The van der Waals surface area contributed by atoms with Gasteiger partial charge in [0.05, 0.1) is 0 Å². The largest absolute Gasteiger partial charge is 0.455 e. The lowest BCUT2D eigenvalue weighted by atomic mass is 9.84. The molecule has 0 bridgehead atoms. The molecule has 0 aliphatic carbocycles. The third-order valence-corrected chi connectivity index (χ3v) is 9.83. The van der Waals surface area contributed by atoms with E-state index in [0.717, 1.165) is 27.5 Å². The van der Waals surface area contributed by atoms with Crippen LogP contribution in [0.2, 0.25) is 0 Å². The topological polar surface area (TPSA) is 13.1 Å². The molecule has 218 valence electrons. The van der Waals surface area contributed by atoms with Crippen molar-refractivity contribution >= 4 is 65.0 Å². The zero-order chi connectivity index (χ0) is 30.9. The number of furan rings is 1. The molecule has 47 heavy (non-hydrogen) atoms. The first-order chi connectivity index (χ1) is 23.3. The first-order valence-electron chi connectivity index (χ1n) is 16.2. The summed E-state index contributed by atoms with van der Waals surface area (Å²) in [6.07, 6.45) is 0. The Labute approximate surface area is 271 Å². The summed E-state index contributed by atoms with van der Waals surface area (Å²) in [4.78, 5) is 0. The van der Waals surface area contributed by atoms with Crippen molar-refractivity contribution in [1.29, 1.82) is 0 Å². The maximum Gasteiger partial charge on any atom is 0.143 e. The van der Waals surface area contributed by atoms with E-state index in [2.05, 4.69) is 170 Å². The average Bonchev–Trinajstić information content (AvgIpc) is 3.51. The second kappa shape index (κ2) is 10.2. The number of rotatable bonds is 3. The Kier molecular flexibility index (Phi) is 5.64. The highest BCUT2D eigenvalue weighted by Gasteiger charge is 2.23. The van der Waals surface area contributed by atoms with Gasteiger partial charge >= 0.3 is 0 Å². The Hall–Kier alpha value is -6.18. The molecule has 0 aliphatic heterocycles. The Morgan fingerprint density at radius 1 is 0.319 bits per heavy atom. The highest BCUT2D eigenvalue weighted by Crippen LogP contribution is 2.49. The van der Waals surface area contributed by atoms with E-state index in [0.29, 0.717) is 0 Å². The van der Waals surface area contributed by atoms with Crippen molar-refractivity contribution in [3.05, 3.63) is 170 Å². The third-order valence-electron chi connectivity index (χ3n) is 9.83. The maximum absolute atomic E-state index is 7.03. The van der Waals surface area contributed by atoms with Crippen LogP contribution in [0.5, 0.6) is 0 Å². The average molecular weight is 597 g/mol. The second-order valence-corrected chi connectivity index (χ2v) is 12.4. The lowest BCUT2D eigenvalue weighted by Gasteiger charge is -2.18. The smallest absolute Gasteiger partial charge is 0.143 e. The van der Waals surface area contributed by atoms with Crippen LogP contribution < -0.4 is 0 Å². The van der Waals surface area contributed by atoms with Crippen LogP contribution in [0.1, 0.15) is 0 Å². The van der Waals surface area contributed by atoms with Crippen molar-refractivity contribution < 1.29 is 4.42 Å². The van der Waals surface area contributed by atoms with E-state index in [1.165, 1.54) is 70.9 Å². The van der Waals surface area contributed by atoms with Crippen LogP contribution in [0.25, 0.3) is 98.4 Å². The molecule has 0 unspecified atom stereocenters. The van der Waals surface area contributed by atoms with Crippen molar-refractivity contribution in [3.63, 3.8) is 0 Å². The van der Waals surface area contributed by atoms with Gasteiger partial charge in [0.25, 0.3) is 0 Å². The lowest BCUT2D eigenvalue weighted by Crippen LogP contribution is -1.92. The van der Waals surface area contributed by atoms with Gasteiger partial charge in [-0.1, -0.05) is 152 Å². The highest BCUT2D eigenvalue weighted by atomic mass is 16.3. The van der Waals surface area contributed by atoms with E-state index in [4.69, 9.17) is 4.42 Å². The van der Waals surface area contributed by atoms with Gasteiger partial charge in [-0.15, -0.1) is 0 Å². The van der Waals surface area contributed by atoms with Crippen LogP contribution in [-0.4, -0.2) is 0 Å². The standard InChI is InChI=1S/C46H28O/c1-2-14-30(15-3-1)43-35-20-8-10-22-37(35)44(38-23-11-9-21-36(38)43)40-26-25-39(34-24-12-18-29-13-6-7-19-33(29)34)45-41-27-31-16-4-5-17-32(31)28-42(41)47-46(40)45/h1-28H. The van der Waals surface area contributed by atoms with Gasteiger partial charge in [0, 0.05) is 21.9 Å². The molecule has 1 nitrogen and oxygen atoms in total. The molecule has 0 atom stereocenters. The number of fused-ring (bicyclic) bond motifs is 7. The predicted octanol–water partition coefficient (Wildman–Crippen LogP) is 13.2. The summed E-state index contributed by atoms with van der Waals surface area (Å²) in [7, 11) is 0. The van der Waals surface area contributed by atoms with Crippen molar-refractivity contribution in [3.8, 4) is 33.4 Å². The minimum Gasteiger partial charge on any atom is -0.455 e. The van der Waals surface area contributed by atoms with E-state index < -0.39 is 0 Å². The summed E-state index contributed by atoms with van der Waals surface area (Å²) in [6.45, 7) is 0. The molecule has 0 radical (unpaired) electrons. The van der Waals surface area contributed by atoms with Crippen LogP contribution in [-0.2, 0) is 0 Å². The fraction of sp³-hybridized carbons (Fsp3) is 0. The molecule has 0 saturated carbocycles. The summed E-state index contributed by atoms with van der Waals surface area (Å²) >= 11 is 0. The van der Waals surface area contributed by atoms with Crippen molar-refractivity contribution in [1.82, 2.24) is 0 Å². The normalized spacial score (nSPS) is 11.8. The van der Waals surface area contributed by atoms with E-state index in [1.807, 2.05) is 0 Å². The summed E-state index contributed by atoms with van der Waals surface area (Å²) in [5.74, 6) is 0. The number of hydrogen-bond donors (Lipinski definition) is 0. The van der Waals surface area contributed by atoms with E-state index in [9.17, 15) is 0 Å². The SMILES string of the molecule is c1ccc(-c2c3ccccc3c(-c3ccc(-c4cccc5ccccc45)c4c3oc3cc5ccccc5cc34)c3ccccc23)cc1. The third kappa shape index (κ3) is 3.90. The highest BCUT2D eigenvalue weighted by molar-refractivity contribution is 6.26. The molecular formula is C46H28O. The first-order valence-corrected chi connectivity index (χ1v) is 16.2. The molecule has 0 amide bonds. The minimum absolute atomic E-state index is 0.905. The van der Waals surface area contributed by atoms with Gasteiger partial charge < -0.3 is 4.42 Å². The Morgan fingerprint density at radius 3 is 1.55 bits per heavy atom. The van der Waals surface area contributed by atoms with E-state index in [1.54, 1.807) is 0 Å². The quantitative estimate of drug-likeness (QED) is 0.185. The summed E-state index contributed by atoms with van der Waals surface area (Å²) in [5.41, 5.74) is 9.02. The van der Waals surface area contributed by atoms with Crippen molar-refractivity contribution in [2.24, 2.45) is 0 Å². The molecule has 1 aromatic heterocycles. The molecular weight excluding hydrogens is 569 g/mol. The Balaban J connectivity index is 1.38. The van der Waals surface area contributed by atoms with Gasteiger partial charge in [-0.25, -0.2) is 0 Å². The molecule has 0 aliphatic rings. The summed E-state index contributed by atoms with van der Waals surface area (Å²) in [5, 5.41) is 12.1. The molecule has 0 N–H and O–H groups in total. The molecule has 10 rings (SSSR count). The Bertz CT molecular complexity index is 2780. The summed E-state index contributed by atoms with van der Waals surface area (Å²) in [6, 6.07) is 61.4. The van der Waals surface area contributed by atoms with Crippen molar-refractivity contribution in [2.45, 2.75) is 0 Å². The molecule has 0 fully saturated rings. The van der Waals surface area contributed by atoms with E-state index >= 15 is 0 Å². The fourth-order valence-corrected chi connectivity index (χ4v) is 7.78. The fourth-order valence-electron chi connectivity index (χ4n) is 7.78. The van der Waals surface area contributed by atoms with Crippen LogP contribution in [0.15, 0.2) is 174 Å². The predicted molar refractivity (Wildman–Crippen MR) is 200 cm³/mol. The molecule has 0 saturated heterocycles. The monoisotopic (exact) mass is 596 g/mol. The van der Waals surface area contributed by atoms with Gasteiger partial charge in [0.2, 0.25) is 0 Å². The van der Waals surface area contributed by atoms with Gasteiger partial charge in [0.1, 0.15) is 11.2 Å². The number of benzene rings is 9. The van der Waals surface area contributed by atoms with Gasteiger partial charge in [-0.2, -0.15) is 0 Å². The van der Waals surface area contributed by atoms with Crippen molar-refractivity contribution in [2.75, 3.05) is 0 Å². The second-order valence-electron chi connectivity index (χ2n) is 12.4. The molecule has 1 heteroatoms. The minimum atomic E-state index is 0.905. The molecule has 1 heterocycles. The van der Waals surface area contributed by atoms with Gasteiger partial charge in [0.15, 0.2) is 0 Å². The molecule has 9 aromatic carbocycles. The van der Waals surface area contributed by atoms with Crippen LogP contribution in [0, 0.1) is 0 Å². The van der Waals surface area contributed by atoms with Crippen LogP contribution >= 0.6 is 0 Å². The first kappa shape index (κ1) is 26.1. The van der Waals surface area contributed by atoms with Gasteiger partial charge in [-0.3, -0.25) is 0 Å². The van der Waals surface area contributed by atoms with Crippen LogP contribution in [0.3, 0.4) is 0 Å². The zero-order valence-electron chi connectivity index (χ0n) is 25.6. The Morgan fingerprint density at radius 2 is 0.851 bits per heavy atom.